The van der Waals surface area contributed by atoms with Crippen LogP contribution in [0, 0.1) is 5.92 Å². The summed E-state index contributed by atoms with van der Waals surface area (Å²) in [7, 11) is 0. The van der Waals surface area contributed by atoms with Gasteiger partial charge in [0.05, 0.1) is 19.1 Å². The number of nitrogens with one attached hydrogen (secondary N) is 3. The number of hydrogen-bond donors (Lipinski definition) is 6. The Bertz CT molecular complexity index is 761. The number of nitrogens with two attached hydrogens (primary N) is 2. The molecule has 11 nitrogen and oxygen atoms in total. The summed E-state index contributed by atoms with van der Waals surface area (Å²) in [5.41, 5.74) is 10.5. The van der Waals surface area contributed by atoms with E-state index >= 15 is 0 Å². The summed E-state index contributed by atoms with van der Waals surface area (Å²) in [6, 6.07) is -2.95. The van der Waals surface area contributed by atoms with E-state index in [-0.39, 0.29) is 37.7 Å². The van der Waals surface area contributed by atoms with E-state index < -0.39 is 48.2 Å². The van der Waals surface area contributed by atoms with Crippen molar-refractivity contribution in [2.75, 3.05) is 6.61 Å². The van der Waals surface area contributed by atoms with E-state index in [0.717, 1.165) is 19.3 Å². The number of rotatable bonds is 25. The van der Waals surface area contributed by atoms with E-state index in [2.05, 4.69) is 22.9 Å². The Labute approximate surface area is 240 Å². The van der Waals surface area contributed by atoms with Gasteiger partial charge in [0.1, 0.15) is 12.1 Å². The zero-order chi connectivity index (χ0) is 30.3. The Kier molecular flexibility index (Phi) is 21.5. The van der Waals surface area contributed by atoms with Crippen LogP contribution in [-0.4, -0.2) is 59.4 Å². The van der Waals surface area contributed by atoms with Crippen molar-refractivity contribution in [1.29, 1.82) is 0 Å². The van der Waals surface area contributed by atoms with Crippen LogP contribution in [0.15, 0.2) is 0 Å². The topological polar surface area (TPSA) is 194 Å². The lowest BCUT2D eigenvalue weighted by molar-refractivity contribution is -0.134. The summed E-state index contributed by atoms with van der Waals surface area (Å²) in [5.74, 6) is -2.98. The van der Waals surface area contributed by atoms with Gasteiger partial charge in [0.15, 0.2) is 0 Å². The number of primary amides is 2. The van der Waals surface area contributed by atoms with E-state index in [1.807, 2.05) is 13.8 Å². The molecule has 0 aromatic carbocycles. The van der Waals surface area contributed by atoms with Gasteiger partial charge in [0, 0.05) is 12.8 Å². The molecular formula is C29H55N5O6. The van der Waals surface area contributed by atoms with Crippen molar-refractivity contribution in [3.05, 3.63) is 0 Å². The minimum Gasteiger partial charge on any atom is -0.394 e. The van der Waals surface area contributed by atoms with Gasteiger partial charge in [0.25, 0.3) is 0 Å². The molecule has 0 bridgehead atoms. The monoisotopic (exact) mass is 569 g/mol. The molecule has 3 atom stereocenters. The zero-order valence-electron chi connectivity index (χ0n) is 25.0. The van der Waals surface area contributed by atoms with Crippen LogP contribution in [-0.2, 0) is 24.0 Å². The van der Waals surface area contributed by atoms with Gasteiger partial charge in [-0.05, 0) is 25.2 Å². The van der Waals surface area contributed by atoms with Crippen LogP contribution in [0.3, 0.4) is 0 Å². The Hall–Kier alpha value is -2.69. The predicted molar refractivity (Wildman–Crippen MR) is 156 cm³/mol. The van der Waals surface area contributed by atoms with Crippen molar-refractivity contribution in [3.8, 4) is 0 Å². The lowest BCUT2D eigenvalue weighted by Gasteiger charge is -2.25. The molecule has 0 rings (SSSR count). The molecule has 0 aliphatic rings. The summed E-state index contributed by atoms with van der Waals surface area (Å²) in [6.07, 6.45) is 12.6. The number of hydrogen-bond acceptors (Lipinski definition) is 6. The van der Waals surface area contributed by atoms with Gasteiger partial charge < -0.3 is 32.5 Å². The highest BCUT2D eigenvalue weighted by molar-refractivity contribution is 5.94. The smallest absolute Gasteiger partial charge is 0.243 e. The summed E-state index contributed by atoms with van der Waals surface area (Å²) >= 11 is 0. The van der Waals surface area contributed by atoms with E-state index in [1.54, 1.807) is 0 Å². The first-order valence-corrected chi connectivity index (χ1v) is 15.1. The maximum atomic E-state index is 13.0. The molecule has 0 aromatic heterocycles. The fraction of sp³-hybridized carbons (Fsp3) is 0.828. The summed E-state index contributed by atoms with van der Waals surface area (Å²) in [6.45, 7) is 5.80. The molecule has 0 aliphatic heterocycles. The summed E-state index contributed by atoms with van der Waals surface area (Å²) < 4.78 is 0. The number of unbranched alkanes of at least 4 members (excludes halogenated alkanes) is 10. The van der Waals surface area contributed by atoms with Crippen LogP contribution >= 0.6 is 0 Å². The molecule has 0 saturated carbocycles. The van der Waals surface area contributed by atoms with Gasteiger partial charge in [-0.1, -0.05) is 85.0 Å². The highest BCUT2D eigenvalue weighted by Crippen LogP contribution is 2.12. The molecular weight excluding hydrogens is 514 g/mol. The molecule has 8 N–H and O–H groups in total. The average Bonchev–Trinajstić information content (AvgIpc) is 2.87. The minimum atomic E-state index is -1.26. The molecule has 0 spiro atoms. The number of amides is 5. The fourth-order valence-electron chi connectivity index (χ4n) is 4.50. The number of aliphatic hydroxyl groups is 1. The Balaban J connectivity index is 4.83. The Morgan fingerprint density at radius 1 is 0.675 bits per heavy atom. The largest absolute Gasteiger partial charge is 0.394 e. The SMILES string of the molecule is CCCCCCCCCCCCCC(=O)N[C@@H](CC(N)=O)C(=O)N[C@@H](CCC(N)=O)C(=O)N[C@H](CO)CC(C)C. The average molecular weight is 570 g/mol. The van der Waals surface area contributed by atoms with Gasteiger partial charge in [-0.15, -0.1) is 0 Å². The third-order valence-electron chi connectivity index (χ3n) is 6.70. The normalized spacial score (nSPS) is 13.3. The fourth-order valence-corrected chi connectivity index (χ4v) is 4.50. The molecule has 0 heterocycles. The van der Waals surface area contributed by atoms with Gasteiger partial charge in [-0.3, -0.25) is 24.0 Å². The highest BCUT2D eigenvalue weighted by atomic mass is 16.3. The standard InChI is InChI=1S/C29H55N5O6/c1-4-5-6-7-8-9-10-11-12-13-14-15-27(38)33-24(19-26(31)37)29(40)34-23(16-17-25(30)36)28(39)32-22(20-35)18-21(2)3/h21-24,35H,4-20H2,1-3H3,(H2,30,36)(H2,31,37)(H,32,39)(H,33,38)(H,34,40)/t22-,23-,24-/m0/s1. The van der Waals surface area contributed by atoms with Crippen LogP contribution < -0.4 is 27.4 Å². The lowest BCUT2D eigenvalue weighted by Crippen LogP contribution is -2.56. The van der Waals surface area contributed by atoms with Crippen molar-refractivity contribution in [2.24, 2.45) is 17.4 Å². The molecule has 11 heteroatoms. The van der Waals surface area contributed by atoms with Crippen molar-refractivity contribution in [3.63, 3.8) is 0 Å². The first-order chi connectivity index (χ1) is 19.0. The zero-order valence-corrected chi connectivity index (χ0v) is 25.0. The van der Waals surface area contributed by atoms with E-state index in [9.17, 15) is 29.1 Å². The molecule has 0 saturated heterocycles. The maximum absolute atomic E-state index is 13.0. The van der Waals surface area contributed by atoms with E-state index in [0.29, 0.717) is 12.8 Å². The second kappa shape index (κ2) is 23.1. The number of carbonyl (C=O) groups excluding carboxylic acids is 5. The lowest BCUT2D eigenvalue weighted by atomic mass is 10.0. The third kappa shape index (κ3) is 20.2. The van der Waals surface area contributed by atoms with E-state index in [4.69, 9.17) is 11.5 Å². The highest BCUT2D eigenvalue weighted by Gasteiger charge is 2.29. The first kappa shape index (κ1) is 37.3. The van der Waals surface area contributed by atoms with Crippen molar-refractivity contribution in [2.45, 2.75) is 142 Å². The maximum Gasteiger partial charge on any atom is 0.243 e. The molecule has 40 heavy (non-hydrogen) atoms. The molecule has 0 unspecified atom stereocenters. The van der Waals surface area contributed by atoms with Gasteiger partial charge >= 0.3 is 0 Å². The van der Waals surface area contributed by atoms with Crippen molar-refractivity contribution < 1.29 is 29.1 Å². The second-order valence-electron chi connectivity index (χ2n) is 11.2. The minimum absolute atomic E-state index is 0.0806. The second-order valence-corrected chi connectivity index (χ2v) is 11.2. The van der Waals surface area contributed by atoms with Gasteiger partial charge in [-0.25, -0.2) is 0 Å². The summed E-state index contributed by atoms with van der Waals surface area (Å²) in [4.78, 5) is 61.3. The molecule has 0 radical (unpaired) electrons. The molecule has 0 aliphatic carbocycles. The van der Waals surface area contributed by atoms with Crippen LogP contribution in [0.4, 0.5) is 0 Å². The molecule has 232 valence electrons. The number of carbonyl (C=O) groups is 5. The molecule has 0 aromatic rings. The first-order valence-electron chi connectivity index (χ1n) is 15.1. The quantitative estimate of drug-likeness (QED) is 0.0913. The third-order valence-corrected chi connectivity index (χ3v) is 6.70. The Morgan fingerprint density at radius 2 is 1.20 bits per heavy atom. The Morgan fingerprint density at radius 3 is 1.68 bits per heavy atom. The van der Waals surface area contributed by atoms with Crippen molar-refractivity contribution in [1.82, 2.24) is 16.0 Å². The van der Waals surface area contributed by atoms with Crippen LogP contribution in [0.25, 0.3) is 0 Å². The molecule has 5 amide bonds. The van der Waals surface area contributed by atoms with Crippen LogP contribution in [0.1, 0.15) is 124 Å². The molecule has 0 fully saturated rings. The van der Waals surface area contributed by atoms with Gasteiger partial charge in [0.2, 0.25) is 29.5 Å². The van der Waals surface area contributed by atoms with Crippen molar-refractivity contribution >= 4 is 29.5 Å². The summed E-state index contributed by atoms with van der Waals surface area (Å²) in [5, 5.41) is 17.3. The predicted octanol–water partition coefficient (Wildman–Crippen LogP) is 2.32. The number of aliphatic hydroxyl groups excluding tert-OH is 1. The van der Waals surface area contributed by atoms with Crippen LogP contribution in [0.5, 0.6) is 0 Å². The van der Waals surface area contributed by atoms with Gasteiger partial charge in [-0.2, -0.15) is 0 Å². The van der Waals surface area contributed by atoms with Crippen LogP contribution in [0.2, 0.25) is 0 Å². The van der Waals surface area contributed by atoms with E-state index in [1.165, 1.54) is 44.9 Å².